The minimum Gasteiger partial charge on any atom is -0.326 e. The van der Waals surface area contributed by atoms with E-state index in [1.807, 2.05) is 0 Å². The highest BCUT2D eigenvalue weighted by molar-refractivity contribution is 4.85. The van der Waals surface area contributed by atoms with Crippen molar-refractivity contribution in [3.63, 3.8) is 0 Å². The lowest BCUT2D eigenvalue weighted by Gasteiger charge is -2.36. The van der Waals surface area contributed by atoms with Crippen LogP contribution >= 0.6 is 0 Å². The Bertz CT molecular complexity index is 229. The molecule has 0 amide bonds. The van der Waals surface area contributed by atoms with E-state index in [2.05, 4.69) is 11.8 Å². The van der Waals surface area contributed by atoms with Gasteiger partial charge in [0.15, 0.2) is 0 Å². The van der Waals surface area contributed by atoms with Gasteiger partial charge in [-0.05, 0) is 51.1 Å². The van der Waals surface area contributed by atoms with E-state index in [4.69, 9.17) is 5.73 Å². The second-order valence-corrected chi connectivity index (χ2v) is 6.46. The average molecular weight is 252 g/mol. The first-order valence-electron chi connectivity index (χ1n) is 8.31. The quantitative estimate of drug-likeness (QED) is 0.814. The molecule has 0 radical (unpaired) electrons. The number of hydrogen-bond acceptors (Lipinski definition) is 2. The second kappa shape index (κ2) is 7.49. The predicted octanol–water partition coefficient (Wildman–Crippen LogP) is 3.55. The molecule has 2 fully saturated rings. The van der Waals surface area contributed by atoms with E-state index in [0.717, 1.165) is 5.92 Å². The summed E-state index contributed by atoms with van der Waals surface area (Å²) < 4.78 is 0. The molecule has 1 aliphatic heterocycles. The van der Waals surface area contributed by atoms with Gasteiger partial charge in [0.25, 0.3) is 0 Å². The van der Waals surface area contributed by atoms with Gasteiger partial charge in [0.05, 0.1) is 0 Å². The van der Waals surface area contributed by atoms with Gasteiger partial charge >= 0.3 is 0 Å². The maximum absolute atomic E-state index is 6.46. The first-order valence-corrected chi connectivity index (χ1v) is 8.31. The van der Waals surface area contributed by atoms with Crippen LogP contribution in [-0.4, -0.2) is 30.1 Å². The Kier molecular flexibility index (Phi) is 5.97. The number of nitrogens with zero attached hydrogens (tertiary/aromatic N) is 1. The van der Waals surface area contributed by atoms with Gasteiger partial charge in [0.1, 0.15) is 0 Å². The van der Waals surface area contributed by atoms with Crippen molar-refractivity contribution >= 4 is 0 Å². The molecule has 0 aromatic carbocycles. The fourth-order valence-electron chi connectivity index (χ4n) is 3.87. The summed E-state index contributed by atoms with van der Waals surface area (Å²) in [4.78, 5) is 2.74. The van der Waals surface area contributed by atoms with Crippen molar-refractivity contribution in [3.05, 3.63) is 0 Å². The highest BCUT2D eigenvalue weighted by Crippen LogP contribution is 2.26. The summed E-state index contributed by atoms with van der Waals surface area (Å²) in [5, 5.41) is 0. The molecule has 3 unspecified atom stereocenters. The third kappa shape index (κ3) is 3.96. The molecule has 3 atom stereocenters. The molecule has 1 saturated heterocycles. The summed E-state index contributed by atoms with van der Waals surface area (Å²) in [6.45, 7) is 4.95. The Morgan fingerprint density at radius 1 is 0.889 bits per heavy atom. The molecule has 106 valence electrons. The van der Waals surface area contributed by atoms with Crippen molar-refractivity contribution in [1.82, 2.24) is 4.90 Å². The Morgan fingerprint density at radius 2 is 1.67 bits per heavy atom. The zero-order valence-electron chi connectivity index (χ0n) is 12.2. The summed E-state index contributed by atoms with van der Waals surface area (Å²) >= 11 is 0. The van der Waals surface area contributed by atoms with Crippen LogP contribution in [0.4, 0.5) is 0 Å². The predicted molar refractivity (Wildman–Crippen MR) is 78.7 cm³/mol. The van der Waals surface area contributed by atoms with E-state index in [1.165, 1.54) is 77.3 Å². The molecular weight excluding hydrogens is 220 g/mol. The SMILES string of the molecule is CCC1CCCN(C2CCCCCCC2N)CC1. The molecule has 2 rings (SSSR count). The van der Waals surface area contributed by atoms with E-state index in [9.17, 15) is 0 Å². The van der Waals surface area contributed by atoms with Gasteiger partial charge in [0, 0.05) is 12.1 Å². The van der Waals surface area contributed by atoms with Gasteiger partial charge in [-0.1, -0.05) is 39.0 Å². The molecule has 0 bridgehead atoms. The molecule has 2 aliphatic rings. The molecular formula is C16H32N2. The highest BCUT2D eigenvalue weighted by Gasteiger charge is 2.27. The summed E-state index contributed by atoms with van der Waals surface area (Å²) in [6, 6.07) is 1.12. The van der Waals surface area contributed by atoms with Crippen LogP contribution in [0.5, 0.6) is 0 Å². The van der Waals surface area contributed by atoms with Crippen LogP contribution in [0.2, 0.25) is 0 Å². The van der Waals surface area contributed by atoms with Gasteiger partial charge in [-0.3, -0.25) is 4.90 Å². The van der Waals surface area contributed by atoms with Crippen molar-refractivity contribution in [2.75, 3.05) is 13.1 Å². The van der Waals surface area contributed by atoms with Crippen molar-refractivity contribution < 1.29 is 0 Å². The van der Waals surface area contributed by atoms with Gasteiger partial charge < -0.3 is 5.73 Å². The van der Waals surface area contributed by atoms with E-state index < -0.39 is 0 Å². The Balaban J connectivity index is 1.90. The van der Waals surface area contributed by atoms with Crippen LogP contribution in [0.25, 0.3) is 0 Å². The molecule has 2 heteroatoms. The largest absolute Gasteiger partial charge is 0.326 e. The molecule has 1 aliphatic carbocycles. The van der Waals surface area contributed by atoms with Crippen LogP contribution in [0.15, 0.2) is 0 Å². The lowest BCUT2D eigenvalue weighted by Crippen LogP contribution is -2.48. The Morgan fingerprint density at radius 3 is 2.44 bits per heavy atom. The maximum Gasteiger partial charge on any atom is 0.0247 e. The molecule has 2 nitrogen and oxygen atoms in total. The maximum atomic E-state index is 6.46. The zero-order chi connectivity index (χ0) is 12.8. The zero-order valence-corrected chi connectivity index (χ0v) is 12.2. The Labute approximate surface area is 113 Å². The summed E-state index contributed by atoms with van der Waals surface area (Å²) in [5.74, 6) is 0.972. The minimum absolute atomic E-state index is 0.434. The smallest absolute Gasteiger partial charge is 0.0247 e. The molecule has 18 heavy (non-hydrogen) atoms. The van der Waals surface area contributed by atoms with E-state index in [0.29, 0.717) is 12.1 Å². The topological polar surface area (TPSA) is 29.3 Å². The van der Waals surface area contributed by atoms with Crippen LogP contribution in [0.3, 0.4) is 0 Å². The van der Waals surface area contributed by atoms with Crippen molar-refractivity contribution in [1.29, 1.82) is 0 Å². The molecule has 1 saturated carbocycles. The standard InChI is InChI=1S/C16H32N2/c1-2-14-8-7-12-18(13-11-14)16-10-6-4-3-5-9-15(16)17/h14-16H,2-13,17H2,1H3. The third-order valence-electron chi connectivity index (χ3n) is 5.21. The number of hydrogen-bond donors (Lipinski definition) is 1. The van der Waals surface area contributed by atoms with E-state index in [1.54, 1.807) is 0 Å². The molecule has 2 N–H and O–H groups in total. The highest BCUT2D eigenvalue weighted by atomic mass is 15.2. The second-order valence-electron chi connectivity index (χ2n) is 6.46. The van der Waals surface area contributed by atoms with Crippen LogP contribution in [0.1, 0.15) is 71.1 Å². The molecule has 0 spiro atoms. The molecule has 1 heterocycles. The molecule has 0 aromatic heterocycles. The van der Waals surface area contributed by atoms with Crippen LogP contribution < -0.4 is 5.73 Å². The van der Waals surface area contributed by atoms with Crippen molar-refractivity contribution in [2.45, 2.75) is 83.2 Å². The van der Waals surface area contributed by atoms with Gasteiger partial charge in [-0.25, -0.2) is 0 Å². The van der Waals surface area contributed by atoms with E-state index >= 15 is 0 Å². The lowest BCUT2D eigenvalue weighted by atomic mass is 9.91. The fraction of sp³-hybridized carbons (Fsp3) is 1.00. The normalized spacial score (nSPS) is 36.7. The average Bonchev–Trinajstić information content (AvgIpc) is 2.60. The van der Waals surface area contributed by atoms with Gasteiger partial charge in [-0.2, -0.15) is 0 Å². The monoisotopic (exact) mass is 252 g/mol. The fourth-order valence-corrected chi connectivity index (χ4v) is 3.87. The molecule has 0 aromatic rings. The van der Waals surface area contributed by atoms with Crippen LogP contribution in [-0.2, 0) is 0 Å². The van der Waals surface area contributed by atoms with Gasteiger partial charge in [-0.15, -0.1) is 0 Å². The number of nitrogens with two attached hydrogens (primary N) is 1. The summed E-state index contributed by atoms with van der Waals surface area (Å²) in [5.41, 5.74) is 6.46. The lowest BCUT2D eigenvalue weighted by molar-refractivity contribution is 0.151. The number of likely N-dealkylation sites (tertiary alicyclic amines) is 1. The first kappa shape index (κ1) is 14.3. The first-order chi connectivity index (χ1) is 8.81. The van der Waals surface area contributed by atoms with Gasteiger partial charge in [0.2, 0.25) is 0 Å². The summed E-state index contributed by atoms with van der Waals surface area (Å²) in [7, 11) is 0. The van der Waals surface area contributed by atoms with Crippen molar-refractivity contribution in [3.8, 4) is 0 Å². The number of rotatable bonds is 2. The van der Waals surface area contributed by atoms with Crippen molar-refractivity contribution in [2.24, 2.45) is 11.7 Å². The third-order valence-corrected chi connectivity index (χ3v) is 5.21. The van der Waals surface area contributed by atoms with E-state index in [-0.39, 0.29) is 0 Å². The Hall–Kier alpha value is -0.0800. The van der Waals surface area contributed by atoms with Crippen LogP contribution in [0, 0.1) is 5.92 Å². The minimum atomic E-state index is 0.434. The summed E-state index contributed by atoms with van der Waals surface area (Å²) in [6.07, 6.45) is 13.8.